The van der Waals surface area contributed by atoms with E-state index < -0.39 is 0 Å². The zero-order chi connectivity index (χ0) is 14.3. The Morgan fingerprint density at radius 2 is 2.05 bits per heavy atom. The van der Waals surface area contributed by atoms with Gasteiger partial charge in [0, 0.05) is 19.6 Å². The third-order valence-electron chi connectivity index (χ3n) is 2.64. The molecule has 0 atom stereocenters. The van der Waals surface area contributed by atoms with Crippen molar-refractivity contribution in [2.45, 2.75) is 26.3 Å². The lowest BCUT2D eigenvalue weighted by Crippen LogP contribution is -2.15. The number of carbonyl (C=O) groups excluding carboxylic acids is 1. The molecule has 0 N–H and O–H groups in total. The first-order valence-corrected chi connectivity index (χ1v) is 6.33. The number of hydrogen-bond acceptors (Lipinski definition) is 5. The highest BCUT2D eigenvalue weighted by Gasteiger charge is 2.20. The summed E-state index contributed by atoms with van der Waals surface area (Å²) in [6.07, 6.45) is 1.87. The molecule has 0 radical (unpaired) electrons. The number of Topliss-reactive ketones (excluding diaryl/α,β-unsaturated/α-hetero) is 1. The maximum atomic E-state index is 12.2. The van der Waals surface area contributed by atoms with Crippen LogP contribution in [0.25, 0.3) is 0 Å². The Balaban J connectivity index is 2.62. The molecule has 0 unspecified atom stereocenters. The monoisotopic (exact) mass is 270 g/mol. The maximum Gasteiger partial charge on any atom is 0.186 e. The number of ketones is 1. The predicted molar refractivity (Wildman–Crippen MR) is 70.8 cm³/mol. The Hall–Kier alpha value is -1.40. The van der Waals surface area contributed by atoms with E-state index in [0.29, 0.717) is 37.7 Å². The minimum atomic E-state index is -0.0273. The van der Waals surface area contributed by atoms with Gasteiger partial charge in [0.15, 0.2) is 11.5 Å². The third-order valence-corrected chi connectivity index (χ3v) is 2.64. The molecule has 1 heterocycles. The van der Waals surface area contributed by atoms with E-state index in [0.717, 1.165) is 0 Å². The van der Waals surface area contributed by atoms with Crippen molar-refractivity contribution in [1.82, 2.24) is 9.78 Å². The van der Waals surface area contributed by atoms with Crippen molar-refractivity contribution >= 4 is 5.78 Å². The number of methoxy groups -OCH3 is 2. The summed E-state index contributed by atoms with van der Waals surface area (Å²) in [5.74, 6) is 0.482. The molecule has 0 bridgehead atoms. The van der Waals surface area contributed by atoms with Gasteiger partial charge in [-0.3, -0.25) is 9.48 Å². The van der Waals surface area contributed by atoms with Gasteiger partial charge in [0.25, 0.3) is 0 Å². The van der Waals surface area contributed by atoms with Gasteiger partial charge in [-0.05, 0) is 13.8 Å². The largest absolute Gasteiger partial charge is 0.493 e. The van der Waals surface area contributed by atoms with Crippen molar-refractivity contribution < 1.29 is 19.0 Å². The van der Waals surface area contributed by atoms with Gasteiger partial charge in [0.2, 0.25) is 0 Å². The molecule has 0 aliphatic heterocycles. The van der Waals surface area contributed by atoms with Crippen molar-refractivity contribution in [3.8, 4) is 5.75 Å². The Labute approximate surface area is 113 Å². The summed E-state index contributed by atoms with van der Waals surface area (Å²) in [6, 6.07) is 0.109. The number of hydrogen-bond donors (Lipinski definition) is 0. The van der Waals surface area contributed by atoms with E-state index in [1.54, 1.807) is 18.0 Å². The van der Waals surface area contributed by atoms with Gasteiger partial charge in [0.1, 0.15) is 5.69 Å². The lowest BCUT2D eigenvalue weighted by Gasteiger charge is -2.11. The zero-order valence-electron chi connectivity index (χ0n) is 12.0. The molecule has 0 fully saturated rings. The molecule has 0 saturated carbocycles. The van der Waals surface area contributed by atoms with Crippen LogP contribution in [0.5, 0.6) is 5.75 Å². The predicted octanol–water partition coefficient (Wildman–Crippen LogP) is 1.71. The van der Waals surface area contributed by atoms with Crippen LogP contribution in [0.4, 0.5) is 0 Å². The molecular formula is C13H22N2O4. The molecule has 19 heavy (non-hydrogen) atoms. The lowest BCUT2D eigenvalue weighted by molar-refractivity contribution is 0.0636. The van der Waals surface area contributed by atoms with Gasteiger partial charge in [0.05, 0.1) is 33.1 Å². The fraction of sp³-hybridized carbons (Fsp3) is 0.692. The Morgan fingerprint density at radius 3 is 2.63 bits per heavy atom. The average Bonchev–Trinajstić information content (AvgIpc) is 2.82. The normalized spacial score (nSPS) is 11.0. The first kappa shape index (κ1) is 15.7. The van der Waals surface area contributed by atoms with E-state index >= 15 is 0 Å². The summed E-state index contributed by atoms with van der Waals surface area (Å²) in [5, 5.41) is 4.18. The van der Waals surface area contributed by atoms with Crippen LogP contribution in [-0.2, 0) is 9.47 Å². The van der Waals surface area contributed by atoms with E-state index in [9.17, 15) is 4.79 Å². The lowest BCUT2D eigenvalue weighted by atomic mass is 10.2. The smallest absolute Gasteiger partial charge is 0.186 e. The molecular weight excluding hydrogens is 248 g/mol. The molecule has 0 spiro atoms. The van der Waals surface area contributed by atoms with Gasteiger partial charge in [-0.2, -0.15) is 5.10 Å². The van der Waals surface area contributed by atoms with Crippen molar-refractivity contribution in [3.05, 3.63) is 11.9 Å². The standard InChI is InChI=1S/C13H22N2O4/c1-10(2)15-13(12(18-4)9-14-15)11(16)5-6-19-8-7-17-3/h9-10H,5-8H2,1-4H3. The minimum Gasteiger partial charge on any atom is -0.493 e. The van der Waals surface area contributed by atoms with E-state index in [1.165, 1.54) is 7.11 Å². The van der Waals surface area contributed by atoms with Crippen LogP contribution >= 0.6 is 0 Å². The maximum absolute atomic E-state index is 12.2. The summed E-state index contributed by atoms with van der Waals surface area (Å²) < 4.78 is 17.0. The van der Waals surface area contributed by atoms with Gasteiger partial charge < -0.3 is 14.2 Å². The van der Waals surface area contributed by atoms with E-state index in [4.69, 9.17) is 14.2 Å². The van der Waals surface area contributed by atoms with Crippen LogP contribution in [0.1, 0.15) is 36.8 Å². The third kappa shape index (κ3) is 4.33. The second-order valence-electron chi connectivity index (χ2n) is 4.38. The fourth-order valence-corrected chi connectivity index (χ4v) is 1.68. The molecule has 1 aromatic heterocycles. The van der Waals surface area contributed by atoms with Crippen LogP contribution in [0.2, 0.25) is 0 Å². The number of rotatable bonds is 9. The molecule has 0 saturated heterocycles. The van der Waals surface area contributed by atoms with Crippen molar-refractivity contribution in [1.29, 1.82) is 0 Å². The molecule has 1 rings (SSSR count). The van der Waals surface area contributed by atoms with Crippen molar-refractivity contribution in [2.24, 2.45) is 0 Å². The average molecular weight is 270 g/mol. The van der Waals surface area contributed by atoms with Crippen LogP contribution in [-0.4, -0.2) is 49.6 Å². The Morgan fingerprint density at radius 1 is 1.32 bits per heavy atom. The van der Waals surface area contributed by atoms with Crippen molar-refractivity contribution in [2.75, 3.05) is 34.0 Å². The molecule has 6 heteroatoms. The molecule has 0 aliphatic rings. The van der Waals surface area contributed by atoms with Gasteiger partial charge in [-0.15, -0.1) is 0 Å². The highest BCUT2D eigenvalue weighted by atomic mass is 16.5. The Bertz CT molecular complexity index is 401. The van der Waals surface area contributed by atoms with Crippen LogP contribution in [0.15, 0.2) is 6.20 Å². The SMILES string of the molecule is COCCOCCC(=O)c1c(OC)cnn1C(C)C. The summed E-state index contributed by atoms with van der Waals surface area (Å²) in [4.78, 5) is 12.2. The number of carbonyl (C=O) groups is 1. The molecule has 1 aromatic rings. The van der Waals surface area contributed by atoms with Gasteiger partial charge in [-0.25, -0.2) is 0 Å². The minimum absolute atomic E-state index is 0.0273. The molecule has 0 aromatic carbocycles. The molecule has 6 nitrogen and oxygen atoms in total. The molecule has 108 valence electrons. The Kier molecular flexibility index (Phi) is 6.52. The van der Waals surface area contributed by atoms with Crippen LogP contribution < -0.4 is 4.74 Å². The van der Waals surface area contributed by atoms with Crippen molar-refractivity contribution in [3.63, 3.8) is 0 Å². The number of aromatic nitrogens is 2. The number of nitrogens with zero attached hydrogens (tertiary/aromatic N) is 2. The summed E-state index contributed by atoms with van der Waals surface area (Å²) in [7, 11) is 3.15. The quantitative estimate of drug-likeness (QED) is 0.505. The second-order valence-corrected chi connectivity index (χ2v) is 4.38. The van der Waals surface area contributed by atoms with Gasteiger partial charge >= 0.3 is 0 Å². The van der Waals surface area contributed by atoms with Crippen LogP contribution in [0, 0.1) is 0 Å². The molecule has 0 amide bonds. The first-order valence-electron chi connectivity index (χ1n) is 6.33. The topological polar surface area (TPSA) is 62.6 Å². The highest BCUT2D eigenvalue weighted by molar-refractivity contribution is 5.97. The van der Waals surface area contributed by atoms with E-state index in [1.807, 2.05) is 13.8 Å². The molecule has 0 aliphatic carbocycles. The number of ether oxygens (including phenoxy) is 3. The summed E-state index contributed by atoms with van der Waals surface area (Å²) in [5.41, 5.74) is 0.507. The first-order chi connectivity index (χ1) is 9.11. The van der Waals surface area contributed by atoms with Gasteiger partial charge in [-0.1, -0.05) is 0 Å². The van der Waals surface area contributed by atoms with Crippen LogP contribution in [0.3, 0.4) is 0 Å². The van der Waals surface area contributed by atoms with E-state index in [-0.39, 0.29) is 11.8 Å². The second kappa shape index (κ2) is 7.91. The fourth-order valence-electron chi connectivity index (χ4n) is 1.68. The zero-order valence-corrected chi connectivity index (χ0v) is 12.0. The highest BCUT2D eigenvalue weighted by Crippen LogP contribution is 2.22. The summed E-state index contributed by atoms with van der Waals surface area (Å²) >= 11 is 0. The van der Waals surface area contributed by atoms with E-state index in [2.05, 4.69) is 5.10 Å². The summed E-state index contributed by atoms with van der Waals surface area (Å²) in [6.45, 7) is 5.33.